The Morgan fingerprint density at radius 1 is 1.14 bits per heavy atom. The van der Waals surface area contributed by atoms with Crippen LogP contribution in [0.3, 0.4) is 0 Å². The number of nitrogens with one attached hydrogen (secondary N) is 1. The Morgan fingerprint density at radius 2 is 1.93 bits per heavy atom. The van der Waals surface area contributed by atoms with Gasteiger partial charge in [0.25, 0.3) is 0 Å². The van der Waals surface area contributed by atoms with Crippen LogP contribution in [0, 0.1) is 0 Å². The maximum atomic E-state index is 12.3. The fraction of sp³-hybridized carbons (Fsp3) is 0.300. The van der Waals surface area contributed by atoms with Gasteiger partial charge in [0.05, 0.1) is 15.1 Å². The number of aromatic nitrogens is 1. The molecule has 0 saturated carbocycles. The summed E-state index contributed by atoms with van der Waals surface area (Å²) in [6, 6.07) is 10.6. The topological polar surface area (TPSA) is 94.6 Å². The number of carbonyl (C=O) groups excluding carboxylic acids is 1. The molecule has 0 fully saturated rings. The number of hydrogen-bond donors (Lipinski definition) is 1. The molecule has 7 nitrogen and oxygen atoms in total. The lowest BCUT2D eigenvalue weighted by atomic mass is 10.1. The molecule has 1 aliphatic rings. The molecule has 0 bridgehead atoms. The van der Waals surface area contributed by atoms with Gasteiger partial charge in [-0.25, -0.2) is 13.4 Å². The van der Waals surface area contributed by atoms with Gasteiger partial charge in [-0.1, -0.05) is 17.4 Å². The number of amides is 1. The highest BCUT2D eigenvalue weighted by molar-refractivity contribution is 7.90. The normalized spacial score (nSPS) is 13.4. The van der Waals surface area contributed by atoms with E-state index in [-0.39, 0.29) is 10.8 Å². The summed E-state index contributed by atoms with van der Waals surface area (Å²) in [6.45, 7) is 1.11. The van der Waals surface area contributed by atoms with Crippen molar-refractivity contribution >= 4 is 42.4 Å². The Balaban J connectivity index is 1.34. The second-order valence-electron chi connectivity index (χ2n) is 6.80. The molecule has 1 amide bonds. The molecule has 3 aromatic rings. The number of hydrogen-bond acceptors (Lipinski definition) is 7. The van der Waals surface area contributed by atoms with E-state index in [9.17, 15) is 13.2 Å². The van der Waals surface area contributed by atoms with Gasteiger partial charge in [-0.2, -0.15) is 0 Å². The highest BCUT2D eigenvalue weighted by Gasteiger charge is 2.14. The Kier molecular flexibility index (Phi) is 5.42. The summed E-state index contributed by atoms with van der Waals surface area (Å²) in [5, 5.41) is 3.27. The predicted octanol–water partition coefficient (Wildman–Crippen LogP) is 3.43. The number of anilines is 1. The van der Waals surface area contributed by atoms with Crippen molar-refractivity contribution in [1.82, 2.24) is 4.98 Å². The van der Waals surface area contributed by atoms with E-state index in [1.165, 1.54) is 23.7 Å². The fourth-order valence-corrected chi connectivity index (χ4v) is 4.71. The second kappa shape index (κ2) is 8.00. The van der Waals surface area contributed by atoms with E-state index in [4.69, 9.17) is 9.47 Å². The van der Waals surface area contributed by atoms with Crippen molar-refractivity contribution in [2.24, 2.45) is 0 Å². The predicted molar refractivity (Wildman–Crippen MR) is 112 cm³/mol. The lowest BCUT2D eigenvalue weighted by Gasteiger charge is -2.18. The molecule has 29 heavy (non-hydrogen) atoms. The van der Waals surface area contributed by atoms with Crippen molar-refractivity contribution in [3.8, 4) is 11.5 Å². The van der Waals surface area contributed by atoms with E-state index in [1.807, 2.05) is 18.2 Å². The first-order valence-corrected chi connectivity index (χ1v) is 11.9. The zero-order chi connectivity index (χ0) is 20.4. The molecule has 1 N–H and O–H groups in total. The molecule has 0 saturated heterocycles. The first kappa shape index (κ1) is 19.7. The summed E-state index contributed by atoms with van der Waals surface area (Å²) >= 11 is 1.26. The summed E-state index contributed by atoms with van der Waals surface area (Å²) in [5.41, 5.74) is 1.75. The van der Waals surface area contributed by atoms with Crippen LogP contribution in [0.15, 0.2) is 41.3 Å². The van der Waals surface area contributed by atoms with Crippen molar-refractivity contribution in [3.63, 3.8) is 0 Å². The monoisotopic (exact) mass is 432 g/mol. The third kappa shape index (κ3) is 4.68. The van der Waals surface area contributed by atoms with Crippen molar-refractivity contribution < 1.29 is 22.7 Å². The second-order valence-corrected chi connectivity index (χ2v) is 9.85. The van der Waals surface area contributed by atoms with E-state index >= 15 is 0 Å². The van der Waals surface area contributed by atoms with Crippen LogP contribution >= 0.6 is 11.3 Å². The van der Waals surface area contributed by atoms with Gasteiger partial charge in [0.2, 0.25) is 5.91 Å². The summed E-state index contributed by atoms with van der Waals surface area (Å²) in [5.74, 6) is 1.39. The van der Waals surface area contributed by atoms with Crippen LogP contribution in [0.1, 0.15) is 18.4 Å². The van der Waals surface area contributed by atoms with Crippen molar-refractivity contribution in [1.29, 1.82) is 0 Å². The molecule has 2 aromatic carbocycles. The van der Waals surface area contributed by atoms with E-state index in [0.29, 0.717) is 36.7 Å². The number of thiazole rings is 1. The zero-order valence-electron chi connectivity index (χ0n) is 15.8. The Morgan fingerprint density at radius 3 is 2.72 bits per heavy atom. The number of sulfone groups is 1. The number of carbonyl (C=O) groups is 1. The lowest BCUT2D eigenvalue weighted by Crippen LogP contribution is -2.15. The summed E-state index contributed by atoms with van der Waals surface area (Å²) in [6.07, 6.45) is 2.97. The first-order valence-electron chi connectivity index (χ1n) is 9.17. The van der Waals surface area contributed by atoms with Gasteiger partial charge >= 0.3 is 0 Å². The van der Waals surface area contributed by atoms with E-state index in [2.05, 4.69) is 10.3 Å². The maximum Gasteiger partial charge on any atom is 0.226 e. The Hall–Kier alpha value is -2.65. The lowest BCUT2D eigenvalue weighted by molar-refractivity contribution is -0.116. The standard InChI is InChI=1S/C20H20N2O5S2/c1-29(24,25)14-6-7-15-18(12-14)28-20(21-15)22-19(23)4-2-3-13-5-8-16-17(11-13)27-10-9-26-16/h5-8,11-12H,2-4,9-10H2,1H3,(H,21,22,23). The quantitative estimate of drug-likeness (QED) is 0.641. The minimum atomic E-state index is -3.28. The molecule has 0 unspecified atom stereocenters. The van der Waals surface area contributed by atoms with Gasteiger partial charge in [0, 0.05) is 12.7 Å². The molecule has 0 spiro atoms. The Labute approximate surface area is 172 Å². The van der Waals surface area contributed by atoms with Gasteiger partial charge in [-0.3, -0.25) is 4.79 Å². The molecule has 1 aliphatic heterocycles. The molecule has 4 rings (SSSR count). The van der Waals surface area contributed by atoms with Crippen LogP contribution in [-0.2, 0) is 21.1 Å². The van der Waals surface area contributed by atoms with Crippen LogP contribution in [0.2, 0.25) is 0 Å². The van der Waals surface area contributed by atoms with Crippen LogP contribution < -0.4 is 14.8 Å². The van der Waals surface area contributed by atoms with Gasteiger partial charge < -0.3 is 14.8 Å². The average Bonchev–Trinajstić information content (AvgIpc) is 3.08. The number of fused-ring (bicyclic) bond motifs is 2. The number of ether oxygens (including phenoxy) is 2. The average molecular weight is 433 g/mol. The zero-order valence-corrected chi connectivity index (χ0v) is 17.4. The maximum absolute atomic E-state index is 12.3. The van der Waals surface area contributed by atoms with E-state index in [0.717, 1.165) is 28.2 Å². The van der Waals surface area contributed by atoms with Gasteiger partial charge in [0.15, 0.2) is 26.5 Å². The first-order chi connectivity index (χ1) is 13.9. The van der Waals surface area contributed by atoms with Crippen LogP contribution in [0.25, 0.3) is 10.2 Å². The molecule has 152 valence electrons. The molecule has 0 radical (unpaired) electrons. The van der Waals surface area contributed by atoms with Crippen molar-refractivity contribution in [2.75, 3.05) is 24.8 Å². The molecule has 0 aliphatic carbocycles. The number of rotatable bonds is 6. The highest BCUT2D eigenvalue weighted by Crippen LogP contribution is 2.31. The SMILES string of the molecule is CS(=O)(=O)c1ccc2nc(NC(=O)CCCc3ccc4c(c3)OCCO4)sc2c1. The molecule has 9 heteroatoms. The summed E-state index contributed by atoms with van der Waals surface area (Å²) in [4.78, 5) is 16.8. The smallest absolute Gasteiger partial charge is 0.226 e. The highest BCUT2D eigenvalue weighted by atomic mass is 32.2. The van der Waals surface area contributed by atoms with Gasteiger partial charge in [-0.15, -0.1) is 0 Å². The fourth-order valence-electron chi connectivity index (χ4n) is 3.07. The van der Waals surface area contributed by atoms with E-state index < -0.39 is 9.84 Å². The van der Waals surface area contributed by atoms with Gasteiger partial charge in [-0.05, 0) is 48.7 Å². The third-order valence-corrected chi connectivity index (χ3v) is 6.55. The molecular weight excluding hydrogens is 412 g/mol. The minimum absolute atomic E-state index is 0.120. The number of aryl methyl sites for hydroxylation is 1. The van der Waals surface area contributed by atoms with Crippen LogP contribution in [-0.4, -0.2) is 38.8 Å². The van der Waals surface area contributed by atoms with E-state index in [1.54, 1.807) is 12.1 Å². The van der Waals surface area contributed by atoms with Crippen molar-refractivity contribution in [3.05, 3.63) is 42.0 Å². The van der Waals surface area contributed by atoms with Gasteiger partial charge in [0.1, 0.15) is 13.2 Å². The largest absolute Gasteiger partial charge is 0.486 e. The minimum Gasteiger partial charge on any atom is -0.486 e. The van der Waals surface area contributed by atoms with Crippen molar-refractivity contribution in [2.45, 2.75) is 24.2 Å². The summed E-state index contributed by atoms with van der Waals surface area (Å²) in [7, 11) is -3.28. The number of benzene rings is 2. The Bertz CT molecular complexity index is 1170. The summed E-state index contributed by atoms with van der Waals surface area (Å²) < 4.78 is 35.2. The molecule has 0 atom stereocenters. The molecular formula is C20H20N2O5S2. The van der Waals surface area contributed by atoms with Crippen LogP contribution in [0.5, 0.6) is 11.5 Å². The third-order valence-electron chi connectivity index (χ3n) is 4.51. The molecule has 1 aromatic heterocycles. The van der Waals surface area contributed by atoms with Crippen LogP contribution in [0.4, 0.5) is 5.13 Å². The number of nitrogens with zero attached hydrogens (tertiary/aromatic N) is 1. The molecule has 2 heterocycles.